The van der Waals surface area contributed by atoms with Crippen molar-refractivity contribution in [3.05, 3.63) is 22.8 Å². The van der Waals surface area contributed by atoms with Crippen LogP contribution in [0.1, 0.15) is 48.4 Å². The maximum absolute atomic E-state index is 10.1. The first-order chi connectivity index (χ1) is 9.06. The SMILES string of the molecule is CONC1CC2(CCC2)Oc2cc(C)c(O)c(C)c21. The molecule has 1 saturated carbocycles. The summed E-state index contributed by atoms with van der Waals surface area (Å²) in [4.78, 5) is 5.14. The van der Waals surface area contributed by atoms with E-state index in [4.69, 9.17) is 9.57 Å². The van der Waals surface area contributed by atoms with Gasteiger partial charge in [0.1, 0.15) is 17.1 Å². The van der Waals surface area contributed by atoms with Crippen molar-refractivity contribution in [2.24, 2.45) is 0 Å². The summed E-state index contributed by atoms with van der Waals surface area (Å²) in [7, 11) is 1.63. The number of aromatic hydroxyl groups is 1. The van der Waals surface area contributed by atoms with Crippen LogP contribution in [-0.4, -0.2) is 17.8 Å². The van der Waals surface area contributed by atoms with Gasteiger partial charge in [-0.2, -0.15) is 5.48 Å². The highest BCUT2D eigenvalue weighted by atomic mass is 16.6. The highest BCUT2D eigenvalue weighted by molar-refractivity contribution is 5.54. The number of ether oxygens (including phenoxy) is 1. The normalized spacial score (nSPS) is 23.6. The molecule has 0 radical (unpaired) electrons. The van der Waals surface area contributed by atoms with Gasteiger partial charge >= 0.3 is 0 Å². The zero-order valence-electron chi connectivity index (χ0n) is 11.7. The van der Waals surface area contributed by atoms with E-state index in [-0.39, 0.29) is 11.6 Å². The molecular formula is C15H21NO3. The van der Waals surface area contributed by atoms with Crippen LogP contribution in [-0.2, 0) is 4.84 Å². The molecule has 4 heteroatoms. The lowest BCUT2D eigenvalue weighted by molar-refractivity contribution is -0.0601. The van der Waals surface area contributed by atoms with Crippen molar-refractivity contribution in [1.82, 2.24) is 5.48 Å². The topological polar surface area (TPSA) is 50.7 Å². The van der Waals surface area contributed by atoms with Gasteiger partial charge in [0.15, 0.2) is 0 Å². The lowest BCUT2D eigenvalue weighted by Crippen LogP contribution is -2.49. The Morgan fingerprint density at radius 1 is 1.42 bits per heavy atom. The van der Waals surface area contributed by atoms with Crippen LogP contribution in [0.4, 0.5) is 0 Å². The van der Waals surface area contributed by atoms with Gasteiger partial charge in [-0.05, 0) is 50.3 Å². The maximum Gasteiger partial charge on any atom is 0.125 e. The van der Waals surface area contributed by atoms with E-state index in [1.807, 2.05) is 19.9 Å². The third-order valence-corrected chi connectivity index (χ3v) is 4.52. The second kappa shape index (κ2) is 4.39. The van der Waals surface area contributed by atoms with Crippen molar-refractivity contribution in [3.8, 4) is 11.5 Å². The zero-order chi connectivity index (χ0) is 13.6. The number of benzene rings is 1. The Kier molecular flexibility index (Phi) is 2.95. The van der Waals surface area contributed by atoms with Crippen LogP contribution in [0.2, 0.25) is 0 Å². The van der Waals surface area contributed by atoms with Crippen LogP contribution < -0.4 is 10.2 Å². The number of aryl methyl sites for hydroxylation is 1. The minimum atomic E-state index is -0.0287. The van der Waals surface area contributed by atoms with Gasteiger partial charge in [-0.3, -0.25) is 0 Å². The van der Waals surface area contributed by atoms with Crippen LogP contribution in [0, 0.1) is 13.8 Å². The average Bonchev–Trinajstić information content (AvgIpc) is 2.34. The van der Waals surface area contributed by atoms with Gasteiger partial charge in [0, 0.05) is 12.0 Å². The molecule has 1 unspecified atom stereocenters. The van der Waals surface area contributed by atoms with Gasteiger partial charge < -0.3 is 14.7 Å². The Morgan fingerprint density at radius 3 is 2.74 bits per heavy atom. The number of hydrogen-bond acceptors (Lipinski definition) is 4. The number of phenols is 1. The number of hydroxylamine groups is 1. The monoisotopic (exact) mass is 263 g/mol. The van der Waals surface area contributed by atoms with Crippen LogP contribution in [0.5, 0.6) is 11.5 Å². The molecule has 1 aliphatic heterocycles. The Hall–Kier alpha value is -1.26. The summed E-state index contributed by atoms with van der Waals surface area (Å²) in [6.45, 7) is 3.85. The molecule has 4 nitrogen and oxygen atoms in total. The number of nitrogens with one attached hydrogen (secondary N) is 1. The van der Waals surface area contributed by atoms with Crippen molar-refractivity contribution in [1.29, 1.82) is 0 Å². The number of fused-ring (bicyclic) bond motifs is 1. The lowest BCUT2D eigenvalue weighted by Gasteiger charge is -2.48. The molecule has 104 valence electrons. The summed E-state index contributed by atoms with van der Waals surface area (Å²) in [5.74, 6) is 1.25. The summed E-state index contributed by atoms with van der Waals surface area (Å²) in [6, 6.07) is 2.03. The molecule has 2 N–H and O–H groups in total. The molecule has 1 atom stereocenters. The Balaban J connectivity index is 2.08. The van der Waals surface area contributed by atoms with Gasteiger partial charge in [0.05, 0.1) is 13.2 Å². The van der Waals surface area contributed by atoms with Crippen LogP contribution in [0.25, 0.3) is 0 Å². The maximum atomic E-state index is 10.1. The molecule has 2 aliphatic rings. The smallest absolute Gasteiger partial charge is 0.125 e. The molecule has 1 aliphatic carbocycles. The van der Waals surface area contributed by atoms with Gasteiger partial charge in [0.25, 0.3) is 0 Å². The molecule has 1 fully saturated rings. The van der Waals surface area contributed by atoms with Gasteiger partial charge in [-0.15, -0.1) is 0 Å². The fourth-order valence-electron chi connectivity index (χ4n) is 3.34. The molecule has 19 heavy (non-hydrogen) atoms. The highest BCUT2D eigenvalue weighted by Gasteiger charge is 2.46. The quantitative estimate of drug-likeness (QED) is 0.806. The number of hydrogen-bond donors (Lipinski definition) is 2. The van der Waals surface area contributed by atoms with Crippen molar-refractivity contribution < 1.29 is 14.7 Å². The van der Waals surface area contributed by atoms with Crippen molar-refractivity contribution in [2.75, 3.05) is 7.11 Å². The van der Waals surface area contributed by atoms with Crippen LogP contribution >= 0.6 is 0 Å². The van der Waals surface area contributed by atoms with E-state index < -0.39 is 0 Å². The van der Waals surface area contributed by atoms with E-state index in [2.05, 4.69) is 5.48 Å². The van der Waals surface area contributed by atoms with Crippen molar-refractivity contribution in [3.63, 3.8) is 0 Å². The van der Waals surface area contributed by atoms with E-state index >= 15 is 0 Å². The predicted molar refractivity (Wildman–Crippen MR) is 72.3 cm³/mol. The second-order valence-corrected chi connectivity index (χ2v) is 5.80. The Bertz CT molecular complexity index is 509. The summed E-state index contributed by atoms with van der Waals surface area (Å²) in [5, 5.41) is 10.1. The first kappa shape index (κ1) is 12.8. The van der Waals surface area contributed by atoms with Crippen LogP contribution in [0.15, 0.2) is 6.07 Å². The zero-order valence-corrected chi connectivity index (χ0v) is 11.7. The largest absolute Gasteiger partial charge is 0.507 e. The summed E-state index contributed by atoms with van der Waals surface area (Å²) >= 11 is 0. The third kappa shape index (κ3) is 1.90. The first-order valence-corrected chi connectivity index (χ1v) is 6.87. The summed E-state index contributed by atoms with van der Waals surface area (Å²) in [5.41, 5.74) is 5.81. The van der Waals surface area contributed by atoms with Gasteiger partial charge in [-0.25, -0.2) is 0 Å². The third-order valence-electron chi connectivity index (χ3n) is 4.52. The van der Waals surface area contributed by atoms with Gasteiger partial charge in [0.2, 0.25) is 0 Å². The standard InChI is InChI=1S/C15H21NO3/c1-9-7-12-13(10(2)14(9)17)11(16-18-3)8-15(19-12)5-4-6-15/h7,11,16-17H,4-6,8H2,1-3H3. The highest BCUT2D eigenvalue weighted by Crippen LogP contribution is 2.51. The molecule has 1 spiro atoms. The molecule has 1 heterocycles. The minimum Gasteiger partial charge on any atom is -0.507 e. The van der Waals surface area contributed by atoms with E-state index in [0.717, 1.165) is 41.7 Å². The van der Waals surface area contributed by atoms with E-state index in [1.54, 1.807) is 7.11 Å². The Morgan fingerprint density at radius 2 is 2.16 bits per heavy atom. The second-order valence-electron chi connectivity index (χ2n) is 5.80. The van der Waals surface area contributed by atoms with E-state index in [1.165, 1.54) is 6.42 Å². The molecule has 1 aromatic carbocycles. The molecule has 3 rings (SSSR count). The van der Waals surface area contributed by atoms with Gasteiger partial charge in [-0.1, -0.05) is 0 Å². The fourth-order valence-corrected chi connectivity index (χ4v) is 3.34. The summed E-state index contributed by atoms with van der Waals surface area (Å²) in [6.07, 6.45) is 4.34. The van der Waals surface area contributed by atoms with Crippen molar-refractivity contribution in [2.45, 2.75) is 51.2 Å². The first-order valence-electron chi connectivity index (χ1n) is 6.87. The molecule has 0 aromatic heterocycles. The number of phenolic OH excluding ortho intramolecular Hbond substituents is 1. The lowest BCUT2D eigenvalue weighted by atomic mass is 9.72. The molecular weight excluding hydrogens is 242 g/mol. The Labute approximate surface area is 113 Å². The van der Waals surface area contributed by atoms with E-state index in [9.17, 15) is 5.11 Å². The molecule has 1 aromatic rings. The molecule has 0 bridgehead atoms. The number of rotatable bonds is 2. The van der Waals surface area contributed by atoms with E-state index in [0.29, 0.717) is 5.75 Å². The molecule has 0 amide bonds. The minimum absolute atomic E-state index is 0.0287. The van der Waals surface area contributed by atoms with Crippen LogP contribution in [0.3, 0.4) is 0 Å². The fraction of sp³-hybridized carbons (Fsp3) is 0.600. The summed E-state index contributed by atoms with van der Waals surface area (Å²) < 4.78 is 6.24. The molecule has 0 saturated heterocycles. The van der Waals surface area contributed by atoms with Crippen molar-refractivity contribution >= 4 is 0 Å². The predicted octanol–water partition coefficient (Wildman–Crippen LogP) is 2.91. The average molecular weight is 263 g/mol.